The number of hydrogen-bond donors (Lipinski definition) is 2. The van der Waals surface area contributed by atoms with Gasteiger partial charge in [-0.15, -0.1) is 0 Å². The van der Waals surface area contributed by atoms with Crippen molar-refractivity contribution in [2.24, 2.45) is 5.92 Å². The van der Waals surface area contributed by atoms with Crippen LogP contribution in [0.3, 0.4) is 0 Å². The molecular formula is C20H24N2O4. The maximum absolute atomic E-state index is 12.8. The number of rotatable bonds is 7. The number of aromatic amines is 1. The van der Waals surface area contributed by atoms with E-state index in [4.69, 9.17) is 4.74 Å². The zero-order valence-corrected chi connectivity index (χ0v) is 15.3. The fourth-order valence-electron chi connectivity index (χ4n) is 3.48. The highest BCUT2D eigenvalue weighted by molar-refractivity contribution is 6.09. The summed E-state index contributed by atoms with van der Waals surface area (Å²) in [4.78, 5) is 30.2. The lowest BCUT2D eigenvalue weighted by Gasteiger charge is -2.26. The molecule has 1 unspecified atom stereocenters. The van der Waals surface area contributed by atoms with E-state index in [9.17, 15) is 14.7 Å². The van der Waals surface area contributed by atoms with Crippen LogP contribution in [0.4, 0.5) is 0 Å². The smallest absolute Gasteiger partial charge is 0.290 e. The first-order valence-corrected chi connectivity index (χ1v) is 8.78. The molecule has 3 rings (SSSR count). The van der Waals surface area contributed by atoms with Crippen LogP contribution in [0.1, 0.15) is 31.9 Å². The van der Waals surface area contributed by atoms with Crippen LogP contribution < -0.4 is 0 Å². The number of hydrogen-bond acceptors (Lipinski definition) is 4. The summed E-state index contributed by atoms with van der Waals surface area (Å²) in [7, 11) is 1.55. The number of para-hydroxylation sites is 1. The molecule has 0 spiro atoms. The van der Waals surface area contributed by atoms with Gasteiger partial charge in [0.2, 0.25) is 0 Å². The molecule has 2 heterocycles. The third-order valence-corrected chi connectivity index (χ3v) is 4.65. The normalized spacial score (nSPS) is 17.8. The highest BCUT2D eigenvalue weighted by Gasteiger charge is 2.43. The standard InChI is InChI=1S/C20H24N2O4/c1-12(2)10-16(23)17-18(22(8-9-26-3)20(25)19(17)24)14-11-21-15-7-5-4-6-13(14)15/h4-7,11-12,18,21,24H,8-10H2,1-3H3. The quantitative estimate of drug-likeness (QED) is 0.798. The van der Waals surface area contributed by atoms with Gasteiger partial charge in [-0.3, -0.25) is 9.59 Å². The van der Waals surface area contributed by atoms with Crippen molar-refractivity contribution in [3.05, 3.63) is 47.4 Å². The van der Waals surface area contributed by atoms with E-state index in [2.05, 4.69) is 4.98 Å². The number of ketones is 1. The Morgan fingerprint density at radius 1 is 1.35 bits per heavy atom. The van der Waals surface area contributed by atoms with Crippen LogP contribution in [-0.4, -0.2) is 46.9 Å². The summed E-state index contributed by atoms with van der Waals surface area (Å²) in [5.41, 5.74) is 1.91. The molecule has 0 saturated heterocycles. The number of carbonyl (C=O) groups excluding carboxylic acids is 2. The highest BCUT2D eigenvalue weighted by Crippen LogP contribution is 2.41. The number of aliphatic hydroxyl groups excluding tert-OH is 1. The second-order valence-corrected chi connectivity index (χ2v) is 6.97. The summed E-state index contributed by atoms with van der Waals surface area (Å²) in [6.07, 6.45) is 2.09. The number of methoxy groups -OCH3 is 1. The first kappa shape index (κ1) is 18.2. The number of aromatic nitrogens is 1. The minimum Gasteiger partial charge on any atom is -0.503 e. The Bertz CT molecular complexity index is 866. The minimum atomic E-state index is -0.611. The Labute approximate surface area is 152 Å². The Hall–Kier alpha value is -2.60. The van der Waals surface area contributed by atoms with Crippen LogP contribution in [0.25, 0.3) is 10.9 Å². The molecule has 6 nitrogen and oxygen atoms in total. The number of benzene rings is 1. The molecule has 26 heavy (non-hydrogen) atoms. The van der Waals surface area contributed by atoms with E-state index in [1.54, 1.807) is 7.11 Å². The Kier molecular flexibility index (Phi) is 5.13. The second-order valence-electron chi connectivity index (χ2n) is 6.97. The van der Waals surface area contributed by atoms with Crippen LogP contribution in [-0.2, 0) is 14.3 Å². The molecule has 0 saturated carbocycles. The van der Waals surface area contributed by atoms with Gasteiger partial charge < -0.3 is 19.7 Å². The lowest BCUT2D eigenvalue weighted by molar-refractivity contribution is -0.130. The minimum absolute atomic E-state index is 0.134. The van der Waals surface area contributed by atoms with Crippen molar-refractivity contribution in [2.75, 3.05) is 20.3 Å². The number of carbonyl (C=O) groups is 2. The zero-order valence-electron chi connectivity index (χ0n) is 15.3. The SMILES string of the molecule is COCCN1C(=O)C(O)=C(C(=O)CC(C)C)C1c1c[nH]c2ccccc12. The van der Waals surface area contributed by atoms with Crippen molar-refractivity contribution in [3.63, 3.8) is 0 Å². The van der Waals surface area contributed by atoms with Gasteiger partial charge in [-0.1, -0.05) is 32.0 Å². The van der Waals surface area contributed by atoms with Gasteiger partial charge >= 0.3 is 0 Å². The summed E-state index contributed by atoms with van der Waals surface area (Å²) in [6, 6.07) is 7.10. The fourth-order valence-corrected chi connectivity index (χ4v) is 3.48. The van der Waals surface area contributed by atoms with Gasteiger partial charge in [0.25, 0.3) is 5.91 Å². The van der Waals surface area contributed by atoms with Gasteiger partial charge in [0.1, 0.15) is 0 Å². The molecule has 1 atom stereocenters. The van der Waals surface area contributed by atoms with Gasteiger partial charge in [0.15, 0.2) is 11.5 Å². The third kappa shape index (κ3) is 3.12. The van der Waals surface area contributed by atoms with Crippen LogP contribution in [0.15, 0.2) is 41.8 Å². The molecule has 1 amide bonds. The van der Waals surface area contributed by atoms with Gasteiger partial charge in [-0.05, 0) is 12.0 Å². The molecule has 0 radical (unpaired) electrons. The first-order chi connectivity index (χ1) is 12.5. The third-order valence-electron chi connectivity index (χ3n) is 4.65. The maximum atomic E-state index is 12.8. The van der Waals surface area contributed by atoms with E-state index in [1.165, 1.54) is 4.90 Å². The summed E-state index contributed by atoms with van der Waals surface area (Å²) < 4.78 is 5.11. The van der Waals surface area contributed by atoms with Gasteiger partial charge in [0.05, 0.1) is 18.2 Å². The second kappa shape index (κ2) is 7.33. The molecule has 138 valence electrons. The van der Waals surface area contributed by atoms with E-state index in [1.807, 2.05) is 44.3 Å². The Morgan fingerprint density at radius 3 is 2.77 bits per heavy atom. The van der Waals surface area contributed by atoms with Gasteiger partial charge in [0, 0.05) is 42.7 Å². The number of nitrogens with one attached hydrogen (secondary N) is 1. The average molecular weight is 356 g/mol. The van der Waals surface area contributed by atoms with Gasteiger partial charge in [-0.2, -0.15) is 0 Å². The number of amides is 1. The Morgan fingerprint density at radius 2 is 2.08 bits per heavy atom. The molecular weight excluding hydrogens is 332 g/mol. The van der Waals surface area contributed by atoms with Crippen molar-refractivity contribution in [1.82, 2.24) is 9.88 Å². The summed E-state index contributed by atoms with van der Waals surface area (Å²) in [5, 5.41) is 11.4. The Balaban J connectivity index is 2.11. The summed E-state index contributed by atoms with van der Waals surface area (Å²) in [5.74, 6) is -1.03. The number of H-pyrrole nitrogens is 1. The van der Waals surface area contributed by atoms with Crippen molar-refractivity contribution in [1.29, 1.82) is 0 Å². The molecule has 2 aromatic rings. The van der Waals surface area contributed by atoms with E-state index < -0.39 is 17.7 Å². The molecule has 1 aromatic heterocycles. The van der Waals surface area contributed by atoms with Crippen molar-refractivity contribution in [2.45, 2.75) is 26.3 Å². The molecule has 1 aliphatic rings. The number of ether oxygens (including phenoxy) is 1. The predicted molar refractivity (Wildman–Crippen MR) is 98.7 cm³/mol. The molecule has 6 heteroatoms. The lowest BCUT2D eigenvalue weighted by Crippen LogP contribution is -2.34. The highest BCUT2D eigenvalue weighted by atomic mass is 16.5. The van der Waals surface area contributed by atoms with Gasteiger partial charge in [-0.25, -0.2) is 0 Å². The van der Waals surface area contributed by atoms with Crippen LogP contribution in [0.2, 0.25) is 0 Å². The molecule has 0 fully saturated rings. The predicted octanol–water partition coefficient (Wildman–Crippen LogP) is 3.12. The largest absolute Gasteiger partial charge is 0.503 e. The van der Waals surface area contributed by atoms with Crippen LogP contribution >= 0.6 is 0 Å². The fraction of sp³-hybridized carbons (Fsp3) is 0.400. The number of fused-ring (bicyclic) bond motifs is 1. The van der Waals surface area contributed by atoms with E-state index in [-0.39, 0.29) is 23.7 Å². The van der Waals surface area contributed by atoms with E-state index in [0.717, 1.165) is 16.5 Å². The molecule has 2 N–H and O–H groups in total. The first-order valence-electron chi connectivity index (χ1n) is 8.78. The van der Waals surface area contributed by atoms with Crippen LogP contribution in [0, 0.1) is 5.92 Å². The topological polar surface area (TPSA) is 82.6 Å². The summed E-state index contributed by atoms with van der Waals surface area (Å²) >= 11 is 0. The monoisotopic (exact) mass is 356 g/mol. The van der Waals surface area contributed by atoms with Crippen molar-refractivity contribution < 1.29 is 19.4 Å². The maximum Gasteiger partial charge on any atom is 0.290 e. The molecule has 1 aromatic carbocycles. The van der Waals surface area contributed by atoms with E-state index in [0.29, 0.717) is 13.2 Å². The molecule has 0 aliphatic carbocycles. The van der Waals surface area contributed by atoms with Crippen molar-refractivity contribution >= 4 is 22.6 Å². The van der Waals surface area contributed by atoms with Crippen molar-refractivity contribution in [3.8, 4) is 0 Å². The van der Waals surface area contributed by atoms with Crippen LogP contribution in [0.5, 0.6) is 0 Å². The zero-order chi connectivity index (χ0) is 18.8. The lowest BCUT2D eigenvalue weighted by atomic mass is 9.92. The number of nitrogens with zero attached hydrogens (tertiary/aromatic N) is 1. The van der Waals surface area contributed by atoms with E-state index >= 15 is 0 Å². The summed E-state index contributed by atoms with van der Waals surface area (Å²) in [6.45, 7) is 4.50. The molecule has 0 bridgehead atoms. The number of Topliss-reactive ketones (excluding diaryl/α,β-unsaturated/α-hetero) is 1. The number of aliphatic hydroxyl groups is 1. The average Bonchev–Trinajstić information content (AvgIpc) is 3.12. The molecule has 1 aliphatic heterocycles.